The standard InChI is InChI=1S/C13H15N3/c1-10-4-2-6-13(16-10)12(14)8-11-5-3-7-15-9-11/h2-7,9,12H,8,14H2,1H3. The van der Waals surface area contributed by atoms with Crippen LogP contribution in [0.2, 0.25) is 0 Å². The normalized spacial score (nSPS) is 12.4. The van der Waals surface area contributed by atoms with Gasteiger partial charge in [0.05, 0.1) is 11.7 Å². The molecule has 0 aliphatic rings. The lowest BCUT2D eigenvalue weighted by Gasteiger charge is -2.11. The van der Waals surface area contributed by atoms with Crippen molar-refractivity contribution in [1.82, 2.24) is 9.97 Å². The molecule has 0 amide bonds. The molecular weight excluding hydrogens is 198 g/mol. The van der Waals surface area contributed by atoms with Crippen LogP contribution in [0.5, 0.6) is 0 Å². The predicted molar refractivity (Wildman–Crippen MR) is 63.8 cm³/mol. The number of rotatable bonds is 3. The molecule has 82 valence electrons. The smallest absolute Gasteiger partial charge is 0.0577 e. The Bertz CT molecular complexity index is 454. The highest BCUT2D eigenvalue weighted by Gasteiger charge is 2.08. The summed E-state index contributed by atoms with van der Waals surface area (Å²) in [6.45, 7) is 1.97. The van der Waals surface area contributed by atoms with Crippen LogP contribution >= 0.6 is 0 Å². The molecule has 2 aromatic rings. The molecule has 0 bridgehead atoms. The number of hydrogen-bond donors (Lipinski definition) is 1. The first-order valence-electron chi connectivity index (χ1n) is 5.34. The quantitative estimate of drug-likeness (QED) is 0.848. The molecule has 0 aliphatic carbocycles. The van der Waals surface area contributed by atoms with Crippen molar-refractivity contribution in [3.63, 3.8) is 0 Å². The van der Waals surface area contributed by atoms with Crippen LogP contribution in [0, 0.1) is 6.92 Å². The Morgan fingerprint density at radius 1 is 1.25 bits per heavy atom. The zero-order chi connectivity index (χ0) is 11.4. The predicted octanol–water partition coefficient (Wildman–Crippen LogP) is 2.03. The molecule has 0 fully saturated rings. The molecule has 1 unspecified atom stereocenters. The van der Waals surface area contributed by atoms with Crippen molar-refractivity contribution in [2.75, 3.05) is 0 Å². The molecule has 0 spiro atoms. The largest absolute Gasteiger partial charge is 0.322 e. The summed E-state index contributed by atoms with van der Waals surface area (Å²) in [5, 5.41) is 0. The molecular formula is C13H15N3. The summed E-state index contributed by atoms with van der Waals surface area (Å²) < 4.78 is 0. The zero-order valence-electron chi connectivity index (χ0n) is 9.30. The van der Waals surface area contributed by atoms with Gasteiger partial charge < -0.3 is 5.73 Å². The molecule has 3 heteroatoms. The molecule has 0 saturated heterocycles. The van der Waals surface area contributed by atoms with E-state index in [4.69, 9.17) is 5.73 Å². The maximum absolute atomic E-state index is 6.11. The molecule has 2 aromatic heterocycles. The van der Waals surface area contributed by atoms with Crippen LogP contribution < -0.4 is 5.73 Å². The molecule has 16 heavy (non-hydrogen) atoms. The Balaban J connectivity index is 2.12. The Labute approximate surface area is 95.4 Å². The molecule has 0 aliphatic heterocycles. The Hall–Kier alpha value is -1.74. The van der Waals surface area contributed by atoms with Gasteiger partial charge >= 0.3 is 0 Å². The van der Waals surface area contributed by atoms with E-state index < -0.39 is 0 Å². The first kappa shape index (κ1) is 10.8. The summed E-state index contributed by atoms with van der Waals surface area (Å²) >= 11 is 0. The monoisotopic (exact) mass is 213 g/mol. The van der Waals surface area contributed by atoms with E-state index in [1.54, 1.807) is 6.20 Å². The van der Waals surface area contributed by atoms with Gasteiger partial charge in [0.2, 0.25) is 0 Å². The van der Waals surface area contributed by atoms with Gasteiger partial charge in [-0.2, -0.15) is 0 Å². The summed E-state index contributed by atoms with van der Waals surface area (Å²) in [6.07, 6.45) is 4.37. The average molecular weight is 213 g/mol. The van der Waals surface area contributed by atoms with Crippen LogP contribution in [0.3, 0.4) is 0 Å². The van der Waals surface area contributed by atoms with Gasteiger partial charge in [-0.25, -0.2) is 0 Å². The zero-order valence-corrected chi connectivity index (χ0v) is 9.30. The van der Waals surface area contributed by atoms with Crippen molar-refractivity contribution in [1.29, 1.82) is 0 Å². The van der Waals surface area contributed by atoms with Gasteiger partial charge in [0.1, 0.15) is 0 Å². The van der Waals surface area contributed by atoms with Crippen LogP contribution in [0.4, 0.5) is 0 Å². The molecule has 1 atom stereocenters. The second-order valence-corrected chi connectivity index (χ2v) is 3.88. The summed E-state index contributed by atoms with van der Waals surface area (Å²) in [5.41, 5.74) is 9.18. The number of aromatic nitrogens is 2. The first-order chi connectivity index (χ1) is 7.75. The van der Waals surface area contributed by atoms with Gasteiger partial charge in [-0.3, -0.25) is 9.97 Å². The Morgan fingerprint density at radius 2 is 2.12 bits per heavy atom. The summed E-state index contributed by atoms with van der Waals surface area (Å²) in [5.74, 6) is 0. The van der Waals surface area contributed by atoms with Gasteiger partial charge in [0.15, 0.2) is 0 Å². The number of pyridine rings is 2. The number of aryl methyl sites for hydroxylation is 1. The van der Waals surface area contributed by atoms with E-state index in [0.717, 1.165) is 23.4 Å². The van der Waals surface area contributed by atoms with Gasteiger partial charge in [-0.05, 0) is 37.1 Å². The summed E-state index contributed by atoms with van der Waals surface area (Å²) in [6, 6.07) is 9.81. The fourth-order valence-corrected chi connectivity index (χ4v) is 1.65. The van der Waals surface area contributed by atoms with Crippen molar-refractivity contribution in [3.8, 4) is 0 Å². The topological polar surface area (TPSA) is 51.8 Å². The highest BCUT2D eigenvalue weighted by molar-refractivity contribution is 5.17. The third-order valence-electron chi connectivity index (χ3n) is 2.47. The Kier molecular flexibility index (Phi) is 3.27. The van der Waals surface area contributed by atoms with E-state index >= 15 is 0 Å². The highest BCUT2D eigenvalue weighted by atomic mass is 14.8. The van der Waals surface area contributed by atoms with Crippen molar-refractivity contribution in [2.45, 2.75) is 19.4 Å². The van der Waals surface area contributed by atoms with E-state index in [2.05, 4.69) is 9.97 Å². The fourth-order valence-electron chi connectivity index (χ4n) is 1.65. The molecule has 0 saturated carbocycles. The number of nitrogens with two attached hydrogens (primary N) is 1. The maximum Gasteiger partial charge on any atom is 0.0577 e. The van der Waals surface area contributed by atoms with Crippen LogP contribution in [0.25, 0.3) is 0 Å². The van der Waals surface area contributed by atoms with Gasteiger partial charge in [0.25, 0.3) is 0 Å². The van der Waals surface area contributed by atoms with E-state index in [1.165, 1.54) is 0 Å². The fraction of sp³-hybridized carbons (Fsp3) is 0.231. The van der Waals surface area contributed by atoms with E-state index in [-0.39, 0.29) is 6.04 Å². The second kappa shape index (κ2) is 4.86. The van der Waals surface area contributed by atoms with Crippen LogP contribution in [0.15, 0.2) is 42.7 Å². The van der Waals surface area contributed by atoms with Crippen LogP contribution in [-0.4, -0.2) is 9.97 Å². The molecule has 2 N–H and O–H groups in total. The first-order valence-corrected chi connectivity index (χ1v) is 5.34. The molecule has 0 aromatic carbocycles. The SMILES string of the molecule is Cc1cccc(C(N)Cc2cccnc2)n1. The molecule has 2 rings (SSSR count). The van der Waals surface area contributed by atoms with Gasteiger partial charge in [-0.15, -0.1) is 0 Å². The third-order valence-corrected chi connectivity index (χ3v) is 2.47. The lowest BCUT2D eigenvalue weighted by Crippen LogP contribution is -2.15. The minimum absolute atomic E-state index is 0.0656. The lowest BCUT2D eigenvalue weighted by molar-refractivity contribution is 0.691. The minimum Gasteiger partial charge on any atom is -0.322 e. The number of nitrogens with zero attached hydrogens (tertiary/aromatic N) is 2. The van der Waals surface area contributed by atoms with Crippen LogP contribution in [-0.2, 0) is 6.42 Å². The summed E-state index contributed by atoms with van der Waals surface area (Å²) in [7, 11) is 0. The molecule has 0 radical (unpaired) electrons. The lowest BCUT2D eigenvalue weighted by atomic mass is 10.1. The van der Waals surface area contributed by atoms with Gasteiger partial charge in [0, 0.05) is 18.1 Å². The van der Waals surface area contributed by atoms with Crippen molar-refractivity contribution in [3.05, 3.63) is 59.7 Å². The minimum atomic E-state index is -0.0656. The van der Waals surface area contributed by atoms with E-state index in [0.29, 0.717) is 0 Å². The second-order valence-electron chi connectivity index (χ2n) is 3.88. The van der Waals surface area contributed by atoms with E-state index in [1.807, 2.05) is 43.5 Å². The van der Waals surface area contributed by atoms with Crippen molar-refractivity contribution >= 4 is 0 Å². The van der Waals surface area contributed by atoms with Crippen LogP contribution in [0.1, 0.15) is 23.0 Å². The maximum atomic E-state index is 6.11. The molecule has 3 nitrogen and oxygen atoms in total. The average Bonchev–Trinajstić information content (AvgIpc) is 2.30. The Morgan fingerprint density at radius 3 is 2.81 bits per heavy atom. The molecule has 2 heterocycles. The highest BCUT2D eigenvalue weighted by Crippen LogP contribution is 2.13. The number of hydrogen-bond acceptors (Lipinski definition) is 3. The van der Waals surface area contributed by atoms with Crippen molar-refractivity contribution in [2.24, 2.45) is 5.73 Å². The van der Waals surface area contributed by atoms with E-state index in [9.17, 15) is 0 Å². The van der Waals surface area contributed by atoms with Gasteiger partial charge in [-0.1, -0.05) is 12.1 Å². The summed E-state index contributed by atoms with van der Waals surface area (Å²) in [4.78, 5) is 8.50. The third kappa shape index (κ3) is 2.64. The van der Waals surface area contributed by atoms with Crippen molar-refractivity contribution < 1.29 is 0 Å².